The van der Waals surface area contributed by atoms with Crippen LogP contribution in [0.4, 0.5) is 0 Å². The van der Waals surface area contributed by atoms with Crippen LogP contribution in [0.5, 0.6) is 0 Å². The average molecular weight is 856 g/mol. The first kappa shape index (κ1) is 57.2. The van der Waals surface area contributed by atoms with E-state index >= 15 is 0 Å². The molecule has 0 heterocycles. The normalized spacial score (nSPS) is 14.1. The maximum absolute atomic E-state index is 12.7. The molecule has 4 N–H and O–H groups in total. The van der Waals surface area contributed by atoms with Gasteiger partial charge in [-0.2, -0.15) is 0 Å². The van der Waals surface area contributed by atoms with Crippen molar-refractivity contribution in [2.24, 2.45) is 5.73 Å². The van der Waals surface area contributed by atoms with Crippen LogP contribution in [0.2, 0.25) is 0 Å². The van der Waals surface area contributed by atoms with E-state index < -0.39 is 45.1 Å². The number of carbonyl (C=O) groups excluding carboxylic acids is 1. The zero-order valence-corrected chi connectivity index (χ0v) is 38.7. The Kier molecular flexibility index (Phi) is 42.9. The number of aliphatic carboxylic acids is 1. The molecule has 346 valence electrons. The summed E-state index contributed by atoms with van der Waals surface area (Å²) < 4.78 is 33.4. The molecular weight excluding hydrogens is 766 g/mol. The third-order valence-electron chi connectivity index (χ3n) is 10.4. The van der Waals surface area contributed by atoms with E-state index in [0.29, 0.717) is 13.0 Å². The highest BCUT2D eigenvalue weighted by molar-refractivity contribution is 7.47. The van der Waals surface area contributed by atoms with Gasteiger partial charge in [0.05, 0.1) is 19.8 Å². The minimum atomic E-state index is -4.62. The number of ether oxygens (including phenoxy) is 2. The van der Waals surface area contributed by atoms with Gasteiger partial charge in [-0.25, -0.2) is 4.57 Å². The van der Waals surface area contributed by atoms with Crippen molar-refractivity contribution in [3.05, 3.63) is 36.5 Å². The van der Waals surface area contributed by atoms with Crippen LogP contribution in [0.15, 0.2) is 36.5 Å². The molecule has 0 aliphatic heterocycles. The first-order chi connectivity index (χ1) is 28.7. The fourth-order valence-electron chi connectivity index (χ4n) is 6.63. The number of carboxylic acids is 1. The van der Waals surface area contributed by atoms with E-state index in [9.17, 15) is 19.0 Å². The lowest BCUT2D eigenvalue weighted by Gasteiger charge is -2.20. The van der Waals surface area contributed by atoms with Gasteiger partial charge in [-0.05, 0) is 70.6 Å². The molecule has 0 saturated carbocycles. The second kappa shape index (κ2) is 44.3. The summed E-state index contributed by atoms with van der Waals surface area (Å²) in [7, 11) is -4.62. The molecule has 0 aromatic rings. The molecule has 0 fully saturated rings. The van der Waals surface area contributed by atoms with Crippen molar-refractivity contribution < 1.29 is 42.7 Å². The van der Waals surface area contributed by atoms with E-state index in [0.717, 1.165) is 51.4 Å². The maximum atomic E-state index is 12.7. The molecule has 0 rings (SSSR count). The Morgan fingerprint density at radius 1 is 0.542 bits per heavy atom. The van der Waals surface area contributed by atoms with Gasteiger partial charge in [0.15, 0.2) is 0 Å². The topological polar surface area (TPSA) is 155 Å². The summed E-state index contributed by atoms with van der Waals surface area (Å²) in [4.78, 5) is 33.6. The van der Waals surface area contributed by atoms with Crippen LogP contribution in [0, 0.1) is 0 Å². The third-order valence-corrected chi connectivity index (χ3v) is 11.3. The minimum Gasteiger partial charge on any atom is -0.480 e. The highest BCUT2D eigenvalue weighted by atomic mass is 31.2. The van der Waals surface area contributed by atoms with Gasteiger partial charge in [-0.15, -0.1) is 0 Å². The third kappa shape index (κ3) is 44.1. The van der Waals surface area contributed by atoms with E-state index in [1.807, 2.05) is 0 Å². The van der Waals surface area contributed by atoms with Gasteiger partial charge in [0.1, 0.15) is 12.1 Å². The number of carbonyl (C=O) groups is 2. The molecule has 0 radical (unpaired) electrons. The Labute approximate surface area is 361 Å². The molecule has 0 bridgehead atoms. The first-order valence-corrected chi connectivity index (χ1v) is 25.5. The second-order valence-electron chi connectivity index (χ2n) is 16.2. The Morgan fingerprint density at radius 2 is 0.932 bits per heavy atom. The quantitative estimate of drug-likeness (QED) is 0.0233. The summed E-state index contributed by atoms with van der Waals surface area (Å²) in [5.41, 5.74) is 5.37. The van der Waals surface area contributed by atoms with Gasteiger partial charge in [-0.1, -0.05) is 179 Å². The summed E-state index contributed by atoms with van der Waals surface area (Å²) in [5, 5.41) is 8.91. The van der Waals surface area contributed by atoms with E-state index in [1.165, 1.54) is 141 Å². The smallest absolute Gasteiger partial charge is 0.472 e. The van der Waals surface area contributed by atoms with Crippen LogP contribution in [-0.4, -0.2) is 60.5 Å². The molecule has 0 aromatic carbocycles. The van der Waals surface area contributed by atoms with Gasteiger partial charge in [0, 0.05) is 13.0 Å². The summed E-state index contributed by atoms with van der Waals surface area (Å²) in [6.07, 6.45) is 50.5. The van der Waals surface area contributed by atoms with Crippen LogP contribution >= 0.6 is 7.82 Å². The maximum Gasteiger partial charge on any atom is 0.472 e. The molecule has 10 nitrogen and oxygen atoms in total. The largest absolute Gasteiger partial charge is 0.480 e. The summed E-state index contributed by atoms with van der Waals surface area (Å²) in [6, 6.07) is -1.47. The van der Waals surface area contributed by atoms with Gasteiger partial charge in [-0.3, -0.25) is 18.6 Å². The van der Waals surface area contributed by atoms with Crippen molar-refractivity contribution in [2.45, 2.75) is 231 Å². The van der Waals surface area contributed by atoms with Gasteiger partial charge < -0.3 is 25.2 Å². The molecule has 59 heavy (non-hydrogen) atoms. The minimum absolute atomic E-state index is 0.0141. The van der Waals surface area contributed by atoms with E-state index in [1.54, 1.807) is 0 Å². The number of rotatable bonds is 46. The molecule has 0 aliphatic rings. The lowest BCUT2D eigenvalue weighted by atomic mass is 10.1. The summed E-state index contributed by atoms with van der Waals surface area (Å²) in [6.45, 7) is 3.86. The Hall–Kier alpha value is -1.81. The number of phosphoric ester groups is 1. The number of hydrogen-bond acceptors (Lipinski definition) is 8. The molecule has 11 heteroatoms. The Morgan fingerprint density at radius 3 is 1.42 bits per heavy atom. The number of carboxylic acid groups (broad SMARTS) is 1. The SMILES string of the molecule is CCCCC/C=C\C/C=C\CCCCCCCCCC(=O)OC(COCCCCCCCCCCCC/C=C\CCCCCCCC)COP(=O)(O)OCC(N)C(=O)O. The van der Waals surface area contributed by atoms with Crippen LogP contribution in [0.3, 0.4) is 0 Å². The average Bonchev–Trinajstić information content (AvgIpc) is 3.21. The molecule has 0 aromatic heterocycles. The second-order valence-corrected chi connectivity index (χ2v) is 17.7. The summed E-state index contributed by atoms with van der Waals surface area (Å²) in [5.74, 6) is -1.78. The van der Waals surface area contributed by atoms with Crippen LogP contribution < -0.4 is 5.73 Å². The molecule has 0 spiro atoms. The number of hydrogen-bond donors (Lipinski definition) is 3. The number of allylic oxidation sites excluding steroid dienone is 6. The standard InChI is InChI=1S/C48H90NO9P/c1-3-5-7-9-11-13-15-17-19-21-22-23-25-27-29-31-33-35-37-39-41-55-42-45(43-56-59(53,54)57-44-46(49)48(51)52)58-47(50)40-38-36-34-32-30-28-26-24-20-18-16-14-12-10-8-6-4-2/h12,14,17-20,45-46H,3-11,13,15-16,21-44,49H2,1-2H3,(H,51,52)(H,53,54)/b14-12-,19-17-,20-18-. The number of nitrogens with two attached hydrogens (primary N) is 1. The predicted octanol–water partition coefficient (Wildman–Crippen LogP) is 13.7. The molecule has 3 unspecified atom stereocenters. The number of unbranched alkanes of at least 4 members (excludes halogenated alkanes) is 26. The van der Waals surface area contributed by atoms with Crippen molar-refractivity contribution in [3.8, 4) is 0 Å². The molecule has 0 amide bonds. The van der Waals surface area contributed by atoms with Crippen molar-refractivity contribution in [3.63, 3.8) is 0 Å². The Balaban J connectivity index is 4.18. The van der Waals surface area contributed by atoms with Crippen molar-refractivity contribution in [1.29, 1.82) is 0 Å². The van der Waals surface area contributed by atoms with Crippen LogP contribution in [0.1, 0.15) is 219 Å². The number of esters is 1. The van der Waals surface area contributed by atoms with Crippen molar-refractivity contribution in [2.75, 3.05) is 26.4 Å². The highest BCUT2D eigenvalue weighted by Crippen LogP contribution is 2.43. The molecule has 3 atom stereocenters. The predicted molar refractivity (Wildman–Crippen MR) is 245 cm³/mol. The van der Waals surface area contributed by atoms with E-state index in [4.69, 9.17) is 29.4 Å². The van der Waals surface area contributed by atoms with Crippen LogP contribution in [0.25, 0.3) is 0 Å². The zero-order valence-electron chi connectivity index (χ0n) is 37.9. The van der Waals surface area contributed by atoms with E-state index in [2.05, 4.69) is 50.3 Å². The van der Waals surface area contributed by atoms with Gasteiger partial charge >= 0.3 is 19.8 Å². The monoisotopic (exact) mass is 856 g/mol. The van der Waals surface area contributed by atoms with E-state index in [-0.39, 0.29) is 13.0 Å². The molecule has 0 saturated heterocycles. The van der Waals surface area contributed by atoms with Gasteiger partial charge in [0.2, 0.25) is 0 Å². The fraction of sp³-hybridized carbons (Fsp3) is 0.833. The highest BCUT2D eigenvalue weighted by Gasteiger charge is 2.27. The number of phosphoric acid groups is 1. The lowest BCUT2D eigenvalue weighted by Crippen LogP contribution is -2.34. The Bertz CT molecular complexity index is 1080. The first-order valence-electron chi connectivity index (χ1n) is 24.0. The fourth-order valence-corrected chi connectivity index (χ4v) is 7.41. The molecular formula is C48H90NO9P. The lowest BCUT2D eigenvalue weighted by molar-refractivity contribution is -0.154. The van der Waals surface area contributed by atoms with Crippen molar-refractivity contribution in [1.82, 2.24) is 0 Å². The van der Waals surface area contributed by atoms with Crippen molar-refractivity contribution >= 4 is 19.8 Å². The van der Waals surface area contributed by atoms with Crippen LogP contribution in [-0.2, 0) is 32.7 Å². The van der Waals surface area contributed by atoms with Gasteiger partial charge in [0.25, 0.3) is 0 Å². The summed E-state index contributed by atoms with van der Waals surface area (Å²) >= 11 is 0. The molecule has 0 aliphatic carbocycles. The zero-order chi connectivity index (χ0) is 43.3.